The molecule has 0 bridgehead atoms. The largest absolute Gasteiger partial charge is 0.480 e. The van der Waals surface area contributed by atoms with Crippen molar-refractivity contribution in [2.45, 2.75) is 18.2 Å². The molecule has 5 nitrogen and oxygen atoms in total. The number of carbonyl (C=O) groups is 1. The van der Waals surface area contributed by atoms with E-state index < -0.39 is 33.3 Å². The lowest BCUT2D eigenvalue weighted by atomic mass is 10.3. The van der Waals surface area contributed by atoms with Crippen LogP contribution in [0.5, 0.6) is 0 Å². The molecule has 1 aromatic rings. The van der Waals surface area contributed by atoms with Crippen molar-refractivity contribution in [3.8, 4) is 0 Å². The lowest BCUT2D eigenvalue weighted by Gasteiger charge is -2.20. The summed E-state index contributed by atoms with van der Waals surface area (Å²) in [5, 5.41) is 8.74. The van der Waals surface area contributed by atoms with Gasteiger partial charge in [-0.3, -0.25) is 4.79 Å². The third-order valence-corrected chi connectivity index (χ3v) is 4.65. The standard InChI is InChI=1S/C11H13BrFNO4S/c1-2-5-14(7-11(15)16)19(17,18)10-6-8(12)3-4-9(10)13/h3-4,6H,2,5,7H2,1H3,(H,15,16). The second-order valence-corrected chi connectivity index (χ2v) is 6.63. The maximum Gasteiger partial charge on any atom is 0.318 e. The molecule has 0 aliphatic carbocycles. The van der Waals surface area contributed by atoms with Crippen molar-refractivity contribution in [3.63, 3.8) is 0 Å². The van der Waals surface area contributed by atoms with E-state index in [4.69, 9.17) is 5.11 Å². The van der Waals surface area contributed by atoms with Crippen molar-refractivity contribution in [3.05, 3.63) is 28.5 Å². The quantitative estimate of drug-likeness (QED) is 0.849. The molecular weight excluding hydrogens is 341 g/mol. The van der Waals surface area contributed by atoms with Crippen LogP contribution in [-0.4, -0.2) is 36.9 Å². The van der Waals surface area contributed by atoms with Gasteiger partial charge in [-0.1, -0.05) is 22.9 Å². The fourth-order valence-corrected chi connectivity index (χ4v) is 3.58. The highest BCUT2D eigenvalue weighted by Crippen LogP contribution is 2.23. The number of benzene rings is 1. The van der Waals surface area contributed by atoms with E-state index in [1.807, 2.05) is 0 Å². The van der Waals surface area contributed by atoms with E-state index in [9.17, 15) is 17.6 Å². The van der Waals surface area contributed by atoms with Gasteiger partial charge in [-0.2, -0.15) is 4.31 Å². The second kappa shape index (κ2) is 6.44. The van der Waals surface area contributed by atoms with Crippen molar-refractivity contribution in [2.75, 3.05) is 13.1 Å². The van der Waals surface area contributed by atoms with Crippen molar-refractivity contribution in [1.29, 1.82) is 0 Å². The molecule has 19 heavy (non-hydrogen) atoms. The average Bonchev–Trinajstić information content (AvgIpc) is 2.31. The van der Waals surface area contributed by atoms with Crippen LogP contribution in [0.1, 0.15) is 13.3 Å². The van der Waals surface area contributed by atoms with Crippen LogP contribution >= 0.6 is 15.9 Å². The van der Waals surface area contributed by atoms with Crippen LogP contribution in [0.2, 0.25) is 0 Å². The molecule has 0 saturated heterocycles. The number of carboxylic acid groups (broad SMARTS) is 1. The minimum Gasteiger partial charge on any atom is -0.480 e. The highest BCUT2D eigenvalue weighted by atomic mass is 79.9. The molecule has 1 N–H and O–H groups in total. The third kappa shape index (κ3) is 3.99. The van der Waals surface area contributed by atoms with Crippen LogP contribution in [0.15, 0.2) is 27.6 Å². The summed E-state index contributed by atoms with van der Waals surface area (Å²) in [5.41, 5.74) is 0. The van der Waals surface area contributed by atoms with E-state index in [0.29, 0.717) is 10.9 Å². The van der Waals surface area contributed by atoms with E-state index in [1.54, 1.807) is 6.92 Å². The molecule has 0 aliphatic rings. The van der Waals surface area contributed by atoms with Crippen LogP contribution in [0, 0.1) is 5.82 Å². The number of carboxylic acids is 1. The van der Waals surface area contributed by atoms with Crippen LogP contribution in [0.25, 0.3) is 0 Å². The Morgan fingerprint density at radius 2 is 2.11 bits per heavy atom. The van der Waals surface area contributed by atoms with Crippen LogP contribution in [-0.2, 0) is 14.8 Å². The monoisotopic (exact) mass is 353 g/mol. The Labute approximate surface area is 119 Å². The second-order valence-electron chi connectivity index (χ2n) is 3.81. The van der Waals surface area contributed by atoms with Crippen LogP contribution < -0.4 is 0 Å². The summed E-state index contributed by atoms with van der Waals surface area (Å²) in [6.45, 7) is 1.03. The van der Waals surface area contributed by atoms with Crippen LogP contribution in [0.3, 0.4) is 0 Å². The lowest BCUT2D eigenvalue weighted by molar-refractivity contribution is -0.137. The number of hydrogen-bond donors (Lipinski definition) is 1. The Kier molecular flexibility index (Phi) is 5.45. The number of nitrogens with zero attached hydrogens (tertiary/aromatic N) is 1. The van der Waals surface area contributed by atoms with Gasteiger partial charge in [0.2, 0.25) is 10.0 Å². The van der Waals surface area contributed by atoms with E-state index in [-0.39, 0.29) is 6.54 Å². The minimum absolute atomic E-state index is 0.0145. The van der Waals surface area contributed by atoms with E-state index in [0.717, 1.165) is 16.4 Å². The number of aliphatic carboxylic acids is 1. The Morgan fingerprint density at radius 1 is 1.47 bits per heavy atom. The van der Waals surface area contributed by atoms with E-state index >= 15 is 0 Å². The smallest absolute Gasteiger partial charge is 0.318 e. The first-order chi connectivity index (χ1) is 8.78. The number of hydrogen-bond acceptors (Lipinski definition) is 3. The fourth-order valence-electron chi connectivity index (χ4n) is 1.50. The number of rotatable bonds is 6. The summed E-state index contributed by atoms with van der Waals surface area (Å²) < 4.78 is 39.2. The van der Waals surface area contributed by atoms with Crippen LogP contribution in [0.4, 0.5) is 4.39 Å². The SMILES string of the molecule is CCCN(CC(=O)O)S(=O)(=O)c1cc(Br)ccc1F. The highest BCUT2D eigenvalue weighted by Gasteiger charge is 2.28. The van der Waals surface area contributed by atoms with Gasteiger partial charge in [-0.05, 0) is 24.6 Å². The number of halogens is 2. The molecule has 1 rings (SSSR count). The van der Waals surface area contributed by atoms with Gasteiger partial charge in [0.1, 0.15) is 17.3 Å². The molecule has 1 aromatic carbocycles. The first-order valence-corrected chi connectivity index (χ1v) is 7.69. The van der Waals surface area contributed by atoms with E-state index in [2.05, 4.69) is 15.9 Å². The predicted octanol–water partition coefficient (Wildman–Crippen LogP) is 2.07. The van der Waals surface area contributed by atoms with Crippen molar-refractivity contribution < 1.29 is 22.7 Å². The Bertz CT molecular complexity index is 576. The molecule has 0 fully saturated rings. The first-order valence-electron chi connectivity index (χ1n) is 5.46. The first kappa shape index (κ1) is 16.1. The molecule has 8 heteroatoms. The average molecular weight is 354 g/mol. The summed E-state index contributed by atoms with van der Waals surface area (Å²) >= 11 is 3.06. The summed E-state index contributed by atoms with van der Waals surface area (Å²) in [6, 6.07) is 3.51. The molecule has 0 amide bonds. The molecule has 0 aliphatic heterocycles. The van der Waals surface area contributed by atoms with Crippen molar-refractivity contribution in [1.82, 2.24) is 4.31 Å². The molecule has 0 unspecified atom stereocenters. The zero-order valence-electron chi connectivity index (χ0n) is 10.1. The molecule has 106 valence electrons. The van der Waals surface area contributed by atoms with Gasteiger partial charge in [0.25, 0.3) is 0 Å². The van der Waals surface area contributed by atoms with Gasteiger partial charge in [0.15, 0.2) is 0 Å². The predicted molar refractivity (Wildman–Crippen MR) is 70.8 cm³/mol. The molecular formula is C11H13BrFNO4S. The van der Waals surface area contributed by atoms with Gasteiger partial charge < -0.3 is 5.11 Å². The third-order valence-electron chi connectivity index (χ3n) is 2.30. The Morgan fingerprint density at radius 3 is 2.63 bits per heavy atom. The highest BCUT2D eigenvalue weighted by molar-refractivity contribution is 9.10. The molecule has 0 radical (unpaired) electrons. The van der Waals surface area contributed by atoms with Crippen molar-refractivity contribution in [2.24, 2.45) is 0 Å². The topological polar surface area (TPSA) is 74.7 Å². The normalized spacial score (nSPS) is 11.8. The lowest BCUT2D eigenvalue weighted by Crippen LogP contribution is -2.36. The molecule has 0 spiro atoms. The van der Waals surface area contributed by atoms with Gasteiger partial charge in [-0.15, -0.1) is 0 Å². The molecule has 0 saturated carbocycles. The van der Waals surface area contributed by atoms with Crippen molar-refractivity contribution >= 4 is 31.9 Å². The van der Waals surface area contributed by atoms with Gasteiger partial charge in [0.05, 0.1) is 0 Å². The zero-order valence-corrected chi connectivity index (χ0v) is 12.5. The molecule has 0 aromatic heterocycles. The maximum atomic E-state index is 13.6. The number of sulfonamides is 1. The molecule has 0 heterocycles. The summed E-state index contributed by atoms with van der Waals surface area (Å²) in [4.78, 5) is 10.2. The zero-order chi connectivity index (χ0) is 14.6. The Balaban J connectivity index is 3.25. The minimum atomic E-state index is -4.16. The van der Waals surface area contributed by atoms with Gasteiger partial charge in [0, 0.05) is 11.0 Å². The summed E-state index contributed by atoms with van der Waals surface area (Å²) in [5.74, 6) is -2.19. The summed E-state index contributed by atoms with van der Waals surface area (Å²) in [7, 11) is -4.16. The molecule has 0 atom stereocenters. The van der Waals surface area contributed by atoms with Gasteiger partial charge in [-0.25, -0.2) is 12.8 Å². The van der Waals surface area contributed by atoms with E-state index in [1.165, 1.54) is 6.07 Å². The fraction of sp³-hybridized carbons (Fsp3) is 0.364. The van der Waals surface area contributed by atoms with Gasteiger partial charge >= 0.3 is 5.97 Å². The summed E-state index contributed by atoms with van der Waals surface area (Å²) in [6.07, 6.45) is 0.433. The maximum absolute atomic E-state index is 13.6. The Hall–Kier alpha value is -0.990.